The van der Waals surface area contributed by atoms with Crippen LogP contribution < -0.4 is 9.47 Å². The molecule has 0 spiro atoms. The Kier molecular flexibility index (Phi) is 4.81. The maximum absolute atomic E-state index is 13.3. The molecule has 0 heterocycles. The quantitative estimate of drug-likeness (QED) is 0.777. The third-order valence-electron chi connectivity index (χ3n) is 3.07. The van der Waals surface area contributed by atoms with Crippen molar-refractivity contribution in [2.24, 2.45) is 0 Å². The van der Waals surface area contributed by atoms with Gasteiger partial charge in [0.25, 0.3) is 0 Å². The van der Waals surface area contributed by atoms with Crippen molar-refractivity contribution in [2.75, 3.05) is 7.11 Å². The monoisotopic (exact) mass is 308 g/mol. The van der Waals surface area contributed by atoms with E-state index in [0.717, 1.165) is 5.56 Å². The first-order valence-corrected chi connectivity index (χ1v) is 6.63. The highest BCUT2D eigenvalue weighted by Gasteiger charge is 2.13. The molecular weight excluding hydrogens is 295 g/mol. The van der Waals surface area contributed by atoms with Crippen LogP contribution >= 0.6 is 11.6 Å². The van der Waals surface area contributed by atoms with Crippen LogP contribution in [0.1, 0.15) is 21.5 Å². The van der Waals surface area contributed by atoms with Gasteiger partial charge in [0.05, 0.1) is 12.1 Å². The summed E-state index contributed by atoms with van der Waals surface area (Å²) in [5, 5.41) is 0.269. The van der Waals surface area contributed by atoms with Gasteiger partial charge < -0.3 is 9.47 Å². The zero-order valence-electron chi connectivity index (χ0n) is 11.7. The number of methoxy groups -OCH3 is 1. The smallest absolute Gasteiger partial charge is 0.180 e. The lowest BCUT2D eigenvalue weighted by Gasteiger charge is -2.14. The van der Waals surface area contributed by atoms with E-state index in [-0.39, 0.29) is 17.4 Å². The highest BCUT2D eigenvalue weighted by Crippen LogP contribution is 2.36. The van der Waals surface area contributed by atoms with Crippen LogP contribution in [0.25, 0.3) is 0 Å². The van der Waals surface area contributed by atoms with Gasteiger partial charge in [0.15, 0.2) is 11.5 Å². The summed E-state index contributed by atoms with van der Waals surface area (Å²) in [4.78, 5) is 10.8. The van der Waals surface area contributed by atoms with Crippen molar-refractivity contribution in [1.29, 1.82) is 0 Å². The molecule has 0 amide bonds. The van der Waals surface area contributed by atoms with Gasteiger partial charge in [-0.1, -0.05) is 17.7 Å². The molecule has 0 radical (unpaired) electrons. The molecule has 5 heteroatoms. The predicted octanol–water partition coefficient (Wildman–Crippen LogP) is 4.19. The maximum Gasteiger partial charge on any atom is 0.180 e. The third kappa shape index (κ3) is 3.52. The molecule has 0 aliphatic heterocycles. The van der Waals surface area contributed by atoms with E-state index in [1.54, 1.807) is 6.07 Å². The highest BCUT2D eigenvalue weighted by molar-refractivity contribution is 6.32. The van der Waals surface area contributed by atoms with Gasteiger partial charge in [-0.3, -0.25) is 4.79 Å². The number of rotatable bonds is 5. The molecule has 0 N–H and O–H groups in total. The van der Waals surface area contributed by atoms with Gasteiger partial charge in [0, 0.05) is 5.56 Å². The summed E-state index contributed by atoms with van der Waals surface area (Å²) < 4.78 is 24.1. The van der Waals surface area contributed by atoms with E-state index >= 15 is 0 Å². The molecule has 2 aromatic carbocycles. The molecule has 0 bridgehead atoms. The first-order chi connectivity index (χ1) is 10.0. The van der Waals surface area contributed by atoms with E-state index in [4.69, 9.17) is 21.1 Å². The SMILES string of the molecule is COc1cc(C=O)cc(Cl)c1OCc1cc(F)ccc1C. The van der Waals surface area contributed by atoms with E-state index in [0.29, 0.717) is 28.9 Å². The Bertz CT molecular complexity index is 671. The zero-order chi connectivity index (χ0) is 15.4. The van der Waals surface area contributed by atoms with E-state index in [1.165, 1.54) is 31.4 Å². The number of hydrogen-bond donors (Lipinski definition) is 0. The molecule has 0 saturated heterocycles. The lowest BCUT2D eigenvalue weighted by atomic mass is 10.1. The minimum Gasteiger partial charge on any atom is -0.493 e. The fourth-order valence-corrected chi connectivity index (χ4v) is 2.17. The number of aldehydes is 1. The highest BCUT2D eigenvalue weighted by atomic mass is 35.5. The fourth-order valence-electron chi connectivity index (χ4n) is 1.89. The first kappa shape index (κ1) is 15.3. The number of carbonyl (C=O) groups excluding carboxylic acids is 1. The van der Waals surface area contributed by atoms with Gasteiger partial charge in [0.1, 0.15) is 18.7 Å². The second-order valence-electron chi connectivity index (χ2n) is 4.51. The number of ether oxygens (including phenoxy) is 2. The van der Waals surface area contributed by atoms with Gasteiger partial charge in [-0.15, -0.1) is 0 Å². The zero-order valence-corrected chi connectivity index (χ0v) is 12.4. The molecule has 0 aliphatic rings. The number of aryl methyl sites for hydroxylation is 1. The van der Waals surface area contributed by atoms with Crippen LogP contribution in [0.5, 0.6) is 11.5 Å². The van der Waals surface area contributed by atoms with Crippen molar-refractivity contribution in [3.63, 3.8) is 0 Å². The molecule has 0 atom stereocenters. The summed E-state index contributed by atoms with van der Waals surface area (Å²) in [5.74, 6) is 0.362. The Morgan fingerprint density at radius 3 is 2.71 bits per heavy atom. The van der Waals surface area contributed by atoms with Gasteiger partial charge in [-0.25, -0.2) is 4.39 Å². The average Bonchev–Trinajstić information content (AvgIpc) is 2.48. The van der Waals surface area contributed by atoms with Crippen molar-refractivity contribution in [3.8, 4) is 11.5 Å². The Labute approximate surface area is 127 Å². The number of hydrogen-bond acceptors (Lipinski definition) is 3. The van der Waals surface area contributed by atoms with Crippen molar-refractivity contribution in [3.05, 3.63) is 57.9 Å². The summed E-state index contributed by atoms with van der Waals surface area (Å²) in [6, 6.07) is 7.51. The molecule has 2 aromatic rings. The number of carbonyl (C=O) groups is 1. The van der Waals surface area contributed by atoms with E-state index in [9.17, 15) is 9.18 Å². The topological polar surface area (TPSA) is 35.5 Å². The van der Waals surface area contributed by atoms with Crippen molar-refractivity contribution >= 4 is 17.9 Å². The molecule has 0 unspecified atom stereocenters. The molecule has 3 nitrogen and oxygen atoms in total. The van der Waals surface area contributed by atoms with Crippen molar-refractivity contribution < 1.29 is 18.7 Å². The fraction of sp³-hybridized carbons (Fsp3) is 0.188. The molecule has 21 heavy (non-hydrogen) atoms. The van der Waals surface area contributed by atoms with Gasteiger partial charge >= 0.3 is 0 Å². The molecule has 2 rings (SSSR count). The molecule has 0 saturated carbocycles. The second-order valence-corrected chi connectivity index (χ2v) is 4.92. The van der Waals surface area contributed by atoms with Crippen LogP contribution in [0.2, 0.25) is 5.02 Å². The van der Waals surface area contributed by atoms with Crippen LogP contribution in [-0.2, 0) is 6.61 Å². The Morgan fingerprint density at radius 1 is 1.29 bits per heavy atom. The van der Waals surface area contributed by atoms with E-state index in [1.807, 2.05) is 6.92 Å². The number of halogens is 2. The van der Waals surface area contributed by atoms with E-state index in [2.05, 4.69) is 0 Å². The summed E-state index contributed by atoms with van der Waals surface area (Å²) in [5.41, 5.74) is 2.02. The summed E-state index contributed by atoms with van der Waals surface area (Å²) in [7, 11) is 1.46. The molecule has 0 fully saturated rings. The Balaban J connectivity index is 2.27. The predicted molar refractivity (Wildman–Crippen MR) is 78.9 cm³/mol. The maximum atomic E-state index is 13.3. The lowest BCUT2D eigenvalue weighted by molar-refractivity contribution is 0.112. The molecule has 0 aliphatic carbocycles. The Morgan fingerprint density at radius 2 is 2.05 bits per heavy atom. The molecular formula is C16H14ClFO3. The summed E-state index contributed by atoms with van der Waals surface area (Å²) in [6.07, 6.45) is 0.675. The first-order valence-electron chi connectivity index (χ1n) is 6.25. The summed E-state index contributed by atoms with van der Waals surface area (Å²) in [6.45, 7) is 2.02. The average molecular weight is 309 g/mol. The minimum absolute atomic E-state index is 0.153. The Hall–Kier alpha value is -2.07. The van der Waals surface area contributed by atoms with Crippen LogP contribution in [0.3, 0.4) is 0 Å². The van der Waals surface area contributed by atoms with Crippen LogP contribution in [0.4, 0.5) is 4.39 Å². The summed E-state index contributed by atoms with van der Waals surface area (Å²) >= 11 is 6.09. The largest absolute Gasteiger partial charge is 0.493 e. The second kappa shape index (κ2) is 6.59. The van der Waals surface area contributed by atoms with Crippen LogP contribution in [-0.4, -0.2) is 13.4 Å². The van der Waals surface area contributed by atoms with Crippen LogP contribution in [0.15, 0.2) is 30.3 Å². The normalized spacial score (nSPS) is 10.3. The third-order valence-corrected chi connectivity index (χ3v) is 3.35. The van der Waals surface area contributed by atoms with Crippen LogP contribution in [0, 0.1) is 12.7 Å². The van der Waals surface area contributed by atoms with Crippen molar-refractivity contribution in [2.45, 2.75) is 13.5 Å². The van der Waals surface area contributed by atoms with Gasteiger partial charge in [0.2, 0.25) is 0 Å². The number of benzene rings is 2. The van der Waals surface area contributed by atoms with Gasteiger partial charge in [-0.05, 0) is 42.3 Å². The van der Waals surface area contributed by atoms with Gasteiger partial charge in [-0.2, -0.15) is 0 Å². The van der Waals surface area contributed by atoms with Crippen molar-refractivity contribution in [1.82, 2.24) is 0 Å². The minimum atomic E-state index is -0.325. The standard InChI is InChI=1S/C16H14ClFO3/c1-10-3-4-13(18)7-12(10)9-21-16-14(17)5-11(8-19)6-15(16)20-2/h3-8H,9H2,1-2H3. The van der Waals surface area contributed by atoms with E-state index < -0.39 is 0 Å². The lowest BCUT2D eigenvalue weighted by Crippen LogP contribution is -2.01. The molecule has 0 aromatic heterocycles. The molecule has 110 valence electrons.